The van der Waals surface area contributed by atoms with Crippen molar-refractivity contribution in [2.45, 2.75) is 25.3 Å². The van der Waals surface area contributed by atoms with Crippen LogP contribution in [0.5, 0.6) is 0 Å². The molecule has 84 valence electrons. The summed E-state index contributed by atoms with van der Waals surface area (Å²) in [6.07, 6.45) is 0.0995. The molecule has 0 aromatic rings. The predicted molar refractivity (Wildman–Crippen MR) is 55.2 cm³/mol. The summed E-state index contributed by atoms with van der Waals surface area (Å²) >= 11 is 1.95. The summed E-state index contributed by atoms with van der Waals surface area (Å²) in [6.45, 7) is 0.616. The summed E-state index contributed by atoms with van der Waals surface area (Å²) in [4.78, 5) is 0. The molecule has 0 saturated carbocycles. The van der Waals surface area contributed by atoms with E-state index < -0.39 is 13.0 Å². The number of thioether (sulfide) groups is 1. The maximum absolute atomic E-state index is 11.7. The Bertz CT molecular complexity index is 143. The molecule has 0 aromatic heterocycles. The number of hydrogen-bond donors (Lipinski definition) is 1. The highest BCUT2D eigenvalue weighted by Gasteiger charge is 2.12. The molecule has 1 unspecified atom stereocenters. The molecule has 14 heavy (non-hydrogen) atoms. The van der Waals surface area contributed by atoms with Crippen LogP contribution in [0.2, 0.25) is 0 Å². The van der Waals surface area contributed by atoms with E-state index in [0.717, 1.165) is 5.75 Å². The first-order valence-electron chi connectivity index (χ1n) is 4.96. The quantitative estimate of drug-likeness (QED) is 0.696. The van der Waals surface area contributed by atoms with E-state index in [1.165, 1.54) is 18.6 Å². The molecule has 0 amide bonds. The summed E-state index contributed by atoms with van der Waals surface area (Å²) in [5.41, 5.74) is 0. The lowest BCUT2D eigenvalue weighted by Crippen LogP contribution is -2.36. The zero-order valence-electron chi connectivity index (χ0n) is 8.18. The SMILES string of the molecule is FC(F)COCCNC1CCCSC1. The van der Waals surface area contributed by atoms with Gasteiger partial charge in [0, 0.05) is 18.3 Å². The third kappa shape index (κ3) is 5.78. The van der Waals surface area contributed by atoms with Crippen molar-refractivity contribution in [2.75, 3.05) is 31.3 Å². The van der Waals surface area contributed by atoms with Gasteiger partial charge in [0.2, 0.25) is 0 Å². The highest BCUT2D eigenvalue weighted by Crippen LogP contribution is 2.16. The van der Waals surface area contributed by atoms with Gasteiger partial charge in [0.1, 0.15) is 6.61 Å². The second-order valence-electron chi connectivity index (χ2n) is 3.33. The molecule has 0 aliphatic carbocycles. The van der Waals surface area contributed by atoms with Crippen molar-refractivity contribution in [2.24, 2.45) is 0 Å². The van der Waals surface area contributed by atoms with Crippen LogP contribution in [0.3, 0.4) is 0 Å². The van der Waals surface area contributed by atoms with Gasteiger partial charge >= 0.3 is 0 Å². The van der Waals surface area contributed by atoms with Crippen LogP contribution in [0.4, 0.5) is 8.78 Å². The molecule has 2 nitrogen and oxygen atoms in total. The van der Waals surface area contributed by atoms with Gasteiger partial charge in [-0.3, -0.25) is 0 Å². The third-order valence-corrected chi connectivity index (χ3v) is 3.30. The number of alkyl halides is 2. The van der Waals surface area contributed by atoms with E-state index >= 15 is 0 Å². The molecule has 0 spiro atoms. The van der Waals surface area contributed by atoms with Crippen molar-refractivity contribution in [3.63, 3.8) is 0 Å². The smallest absolute Gasteiger partial charge is 0.261 e. The van der Waals surface area contributed by atoms with Gasteiger partial charge in [-0.2, -0.15) is 11.8 Å². The standard InChI is InChI=1S/C9H17F2NOS/c10-9(11)6-13-4-3-12-8-2-1-5-14-7-8/h8-9,12H,1-7H2. The molecule has 1 aliphatic heterocycles. The van der Waals surface area contributed by atoms with Crippen molar-refractivity contribution in [1.29, 1.82) is 0 Å². The monoisotopic (exact) mass is 225 g/mol. The van der Waals surface area contributed by atoms with Gasteiger partial charge in [-0.15, -0.1) is 0 Å². The minimum atomic E-state index is -2.35. The van der Waals surface area contributed by atoms with Gasteiger partial charge in [0.25, 0.3) is 6.43 Å². The van der Waals surface area contributed by atoms with E-state index in [1.807, 2.05) is 11.8 Å². The maximum Gasteiger partial charge on any atom is 0.261 e. The Labute approximate surface area is 87.8 Å². The summed E-state index contributed by atoms with van der Waals surface area (Å²) in [5.74, 6) is 2.38. The predicted octanol–water partition coefficient (Wildman–Crippen LogP) is 1.75. The molecular formula is C9H17F2NOS. The molecular weight excluding hydrogens is 208 g/mol. The van der Waals surface area contributed by atoms with Crippen molar-refractivity contribution >= 4 is 11.8 Å². The number of hydrogen-bond acceptors (Lipinski definition) is 3. The zero-order chi connectivity index (χ0) is 10.2. The van der Waals surface area contributed by atoms with Crippen molar-refractivity contribution in [3.05, 3.63) is 0 Å². The average Bonchev–Trinajstić information content (AvgIpc) is 2.18. The Hall–Kier alpha value is 0.130. The molecule has 1 fully saturated rings. The van der Waals surface area contributed by atoms with Crippen molar-refractivity contribution in [3.8, 4) is 0 Å². The summed E-state index contributed by atoms with van der Waals surface area (Å²) in [7, 11) is 0. The third-order valence-electron chi connectivity index (χ3n) is 2.08. The molecule has 5 heteroatoms. The second-order valence-corrected chi connectivity index (χ2v) is 4.48. The Kier molecular flexibility index (Phi) is 6.47. The van der Waals surface area contributed by atoms with Gasteiger partial charge in [-0.1, -0.05) is 0 Å². The number of halogens is 2. The molecule has 1 N–H and O–H groups in total. The summed E-state index contributed by atoms with van der Waals surface area (Å²) in [6, 6.07) is 0.545. The van der Waals surface area contributed by atoms with E-state index in [2.05, 4.69) is 5.32 Å². The lowest BCUT2D eigenvalue weighted by atomic mass is 10.2. The first-order valence-corrected chi connectivity index (χ1v) is 6.11. The maximum atomic E-state index is 11.7. The number of ether oxygens (including phenoxy) is 1. The van der Waals surface area contributed by atoms with Crippen LogP contribution in [0.25, 0.3) is 0 Å². The van der Waals surface area contributed by atoms with Crippen LogP contribution in [0.1, 0.15) is 12.8 Å². The second kappa shape index (κ2) is 7.43. The minimum Gasteiger partial charge on any atom is -0.374 e. The van der Waals surface area contributed by atoms with E-state index in [9.17, 15) is 8.78 Å². The highest BCUT2D eigenvalue weighted by molar-refractivity contribution is 7.99. The molecule has 1 heterocycles. The molecule has 1 atom stereocenters. The lowest BCUT2D eigenvalue weighted by molar-refractivity contribution is 0.0183. The van der Waals surface area contributed by atoms with Gasteiger partial charge in [-0.05, 0) is 18.6 Å². The fourth-order valence-corrected chi connectivity index (χ4v) is 2.52. The summed E-state index contributed by atoms with van der Waals surface area (Å²) in [5, 5.41) is 3.30. The van der Waals surface area contributed by atoms with Gasteiger partial charge in [0.05, 0.1) is 6.61 Å². The largest absolute Gasteiger partial charge is 0.374 e. The minimum absolute atomic E-state index is 0.380. The normalized spacial score (nSPS) is 22.9. The number of rotatable bonds is 6. The first kappa shape index (κ1) is 12.2. The van der Waals surface area contributed by atoms with Crippen LogP contribution < -0.4 is 5.32 Å². The lowest BCUT2D eigenvalue weighted by Gasteiger charge is -2.22. The van der Waals surface area contributed by atoms with Crippen LogP contribution in [0.15, 0.2) is 0 Å². The molecule has 0 bridgehead atoms. The highest BCUT2D eigenvalue weighted by atomic mass is 32.2. The van der Waals surface area contributed by atoms with Gasteiger partial charge in [0.15, 0.2) is 0 Å². The molecule has 1 rings (SSSR count). The molecule has 0 aromatic carbocycles. The van der Waals surface area contributed by atoms with E-state index in [4.69, 9.17) is 4.74 Å². The van der Waals surface area contributed by atoms with E-state index in [1.54, 1.807) is 0 Å². The average molecular weight is 225 g/mol. The fraction of sp³-hybridized carbons (Fsp3) is 1.00. The first-order chi connectivity index (χ1) is 6.79. The van der Waals surface area contributed by atoms with Crippen LogP contribution in [0, 0.1) is 0 Å². The van der Waals surface area contributed by atoms with Crippen molar-refractivity contribution in [1.82, 2.24) is 5.32 Å². The van der Waals surface area contributed by atoms with Gasteiger partial charge < -0.3 is 10.1 Å². The molecule has 1 aliphatic rings. The fourth-order valence-electron chi connectivity index (χ4n) is 1.41. The molecule has 1 saturated heterocycles. The van der Waals surface area contributed by atoms with Gasteiger partial charge in [-0.25, -0.2) is 8.78 Å². The number of nitrogens with one attached hydrogen (secondary N) is 1. The van der Waals surface area contributed by atoms with E-state index in [0.29, 0.717) is 19.2 Å². The van der Waals surface area contributed by atoms with Crippen LogP contribution >= 0.6 is 11.8 Å². The van der Waals surface area contributed by atoms with Crippen LogP contribution in [-0.4, -0.2) is 43.7 Å². The Balaban J connectivity index is 1.87. The van der Waals surface area contributed by atoms with Crippen LogP contribution in [-0.2, 0) is 4.74 Å². The molecule has 0 radical (unpaired) electrons. The van der Waals surface area contributed by atoms with Crippen molar-refractivity contribution < 1.29 is 13.5 Å². The van der Waals surface area contributed by atoms with E-state index in [-0.39, 0.29) is 0 Å². The zero-order valence-corrected chi connectivity index (χ0v) is 8.99. The topological polar surface area (TPSA) is 21.3 Å². The Morgan fingerprint density at radius 1 is 1.50 bits per heavy atom. The summed E-state index contributed by atoms with van der Waals surface area (Å²) < 4.78 is 28.1. The Morgan fingerprint density at radius 3 is 3.00 bits per heavy atom. The Morgan fingerprint density at radius 2 is 2.36 bits per heavy atom.